The number of aromatic amines is 1. The van der Waals surface area contributed by atoms with Crippen molar-refractivity contribution in [1.29, 1.82) is 0 Å². The maximum atomic E-state index is 12.8. The molecule has 8 nitrogen and oxygen atoms in total. The first-order valence-corrected chi connectivity index (χ1v) is 11.0. The first kappa shape index (κ1) is 20.0. The van der Waals surface area contributed by atoms with Crippen molar-refractivity contribution >= 4 is 33.9 Å². The van der Waals surface area contributed by atoms with Crippen LogP contribution in [0.1, 0.15) is 31.5 Å². The number of aromatic nitrogens is 2. The SMILES string of the molecule is O=C([C@@H]1C[C@H]2CCN(Cc3nc4ccsc4c(=O)[nH]3)C[C@H]21)N1CCCC1.O=CO. The maximum Gasteiger partial charge on any atom is 0.290 e. The lowest BCUT2D eigenvalue weighted by molar-refractivity contribution is -0.147. The summed E-state index contributed by atoms with van der Waals surface area (Å²) in [7, 11) is 0. The zero-order valence-electron chi connectivity index (χ0n) is 16.2. The summed E-state index contributed by atoms with van der Waals surface area (Å²) in [6, 6.07) is 1.90. The lowest BCUT2D eigenvalue weighted by atomic mass is 9.61. The molecule has 1 aliphatic carbocycles. The van der Waals surface area contributed by atoms with Crippen molar-refractivity contribution in [2.75, 3.05) is 26.2 Å². The Balaban J connectivity index is 0.000000645. The van der Waals surface area contributed by atoms with Gasteiger partial charge in [0.2, 0.25) is 5.91 Å². The molecule has 0 bridgehead atoms. The summed E-state index contributed by atoms with van der Waals surface area (Å²) in [5.74, 6) is 2.52. The van der Waals surface area contributed by atoms with Gasteiger partial charge in [0.25, 0.3) is 12.0 Å². The average Bonchev–Trinajstić information content (AvgIpc) is 3.36. The topological polar surface area (TPSA) is 107 Å². The Morgan fingerprint density at radius 2 is 2.10 bits per heavy atom. The van der Waals surface area contributed by atoms with Crippen molar-refractivity contribution < 1.29 is 14.7 Å². The average molecular weight is 419 g/mol. The van der Waals surface area contributed by atoms with Crippen molar-refractivity contribution in [2.24, 2.45) is 17.8 Å². The van der Waals surface area contributed by atoms with Gasteiger partial charge in [-0.05, 0) is 55.5 Å². The van der Waals surface area contributed by atoms with Crippen LogP contribution in [-0.4, -0.2) is 63.4 Å². The van der Waals surface area contributed by atoms with E-state index in [1.165, 1.54) is 11.3 Å². The minimum atomic E-state index is -0.250. The number of piperidine rings is 1. The quantitative estimate of drug-likeness (QED) is 0.736. The number of fused-ring (bicyclic) bond motifs is 2. The van der Waals surface area contributed by atoms with Gasteiger partial charge in [0.1, 0.15) is 10.5 Å². The van der Waals surface area contributed by atoms with E-state index in [0.717, 1.165) is 63.2 Å². The Morgan fingerprint density at radius 1 is 1.34 bits per heavy atom. The molecular weight excluding hydrogens is 392 g/mol. The number of rotatable bonds is 3. The number of thiophene rings is 1. The second-order valence-corrected chi connectivity index (χ2v) is 8.99. The summed E-state index contributed by atoms with van der Waals surface area (Å²) >= 11 is 1.43. The molecule has 9 heteroatoms. The summed E-state index contributed by atoms with van der Waals surface area (Å²) in [5, 5.41) is 8.80. The van der Waals surface area contributed by atoms with E-state index >= 15 is 0 Å². The molecule has 1 saturated carbocycles. The third kappa shape index (κ3) is 4.06. The maximum absolute atomic E-state index is 12.8. The number of H-pyrrole nitrogens is 1. The number of carbonyl (C=O) groups is 2. The molecule has 1 amide bonds. The molecule has 2 saturated heterocycles. The summed E-state index contributed by atoms with van der Waals surface area (Å²) in [6.45, 7) is 4.27. The molecule has 2 aromatic rings. The number of nitrogens with one attached hydrogen (secondary N) is 1. The first-order valence-electron chi connectivity index (χ1n) is 10.2. The van der Waals surface area contributed by atoms with Gasteiger partial charge in [0, 0.05) is 25.6 Å². The number of likely N-dealkylation sites (tertiary alicyclic amines) is 2. The smallest absolute Gasteiger partial charge is 0.290 e. The molecule has 2 aliphatic heterocycles. The van der Waals surface area contributed by atoms with Crippen molar-refractivity contribution in [3.63, 3.8) is 0 Å². The van der Waals surface area contributed by atoms with Gasteiger partial charge in [-0.15, -0.1) is 11.3 Å². The minimum absolute atomic E-state index is 0.0411. The van der Waals surface area contributed by atoms with Crippen LogP contribution in [0.3, 0.4) is 0 Å². The molecule has 4 heterocycles. The summed E-state index contributed by atoms with van der Waals surface area (Å²) in [6.07, 6.45) is 4.54. The summed E-state index contributed by atoms with van der Waals surface area (Å²) < 4.78 is 0.697. The van der Waals surface area contributed by atoms with E-state index in [1.54, 1.807) is 0 Å². The van der Waals surface area contributed by atoms with Crippen molar-refractivity contribution in [3.8, 4) is 0 Å². The van der Waals surface area contributed by atoms with Crippen molar-refractivity contribution in [3.05, 3.63) is 27.6 Å². The van der Waals surface area contributed by atoms with Crippen LogP contribution in [0.25, 0.3) is 10.2 Å². The molecule has 5 rings (SSSR count). The summed E-state index contributed by atoms with van der Waals surface area (Å²) in [5.41, 5.74) is 0.745. The zero-order valence-corrected chi connectivity index (χ0v) is 17.1. The zero-order chi connectivity index (χ0) is 20.4. The van der Waals surface area contributed by atoms with E-state index in [9.17, 15) is 9.59 Å². The largest absolute Gasteiger partial charge is 0.483 e. The molecule has 0 aromatic carbocycles. The Kier molecular flexibility index (Phi) is 5.96. The molecule has 2 aromatic heterocycles. The lowest BCUT2D eigenvalue weighted by Gasteiger charge is -2.51. The van der Waals surface area contributed by atoms with Crippen LogP contribution in [0.5, 0.6) is 0 Å². The molecule has 0 radical (unpaired) electrons. The van der Waals surface area contributed by atoms with Crippen LogP contribution in [0, 0.1) is 17.8 Å². The van der Waals surface area contributed by atoms with Gasteiger partial charge in [-0.3, -0.25) is 19.3 Å². The number of nitrogens with zero attached hydrogens (tertiary/aromatic N) is 3. The van der Waals surface area contributed by atoms with Gasteiger partial charge in [-0.25, -0.2) is 4.98 Å². The fourth-order valence-electron chi connectivity index (χ4n) is 4.96. The van der Waals surface area contributed by atoms with Crippen molar-refractivity contribution in [2.45, 2.75) is 32.2 Å². The number of carbonyl (C=O) groups excluding carboxylic acids is 1. The fourth-order valence-corrected chi connectivity index (χ4v) is 5.69. The highest BCUT2D eigenvalue weighted by Gasteiger charge is 2.48. The number of amides is 1. The Hall–Kier alpha value is -2.26. The van der Waals surface area contributed by atoms with Gasteiger partial charge in [-0.2, -0.15) is 0 Å². The second-order valence-electron chi connectivity index (χ2n) is 8.08. The van der Waals surface area contributed by atoms with Crippen LogP contribution in [-0.2, 0) is 16.1 Å². The van der Waals surface area contributed by atoms with Gasteiger partial charge in [0.05, 0.1) is 12.1 Å². The summed E-state index contributed by atoms with van der Waals surface area (Å²) in [4.78, 5) is 45.3. The fraction of sp³-hybridized carbons (Fsp3) is 0.600. The van der Waals surface area contributed by atoms with E-state index < -0.39 is 0 Å². The van der Waals surface area contributed by atoms with E-state index in [1.807, 2.05) is 11.4 Å². The molecule has 0 spiro atoms. The molecule has 156 valence electrons. The van der Waals surface area contributed by atoms with Crippen LogP contribution in [0.15, 0.2) is 16.2 Å². The molecule has 3 fully saturated rings. The number of hydrogen-bond donors (Lipinski definition) is 2. The van der Waals surface area contributed by atoms with Gasteiger partial charge >= 0.3 is 0 Å². The highest BCUT2D eigenvalue weighted by molar-refractivity contribution is 7.17. The normalized spacial score (nSPS) is 26.3. The third-order valence-electron chi connectivity index (χ3n) is 6.44. The highest BCUT2D eigenvalue weighted by atomic mass is 32.1. The molecule has 2 N–H and O–H groups in total. The predicted molar refractivity (Wildman–Crippen MR) is 110 cm³/mol. The molecule has 3 aliphatic rings. The first-order chi connectivity index (χ1) is 14.1. The van der Waals surface area contributed by atoms with Gasteiger partial charge < -0.3 is 15.0 Å². The molecular formula is C20H26N4O4S. The number of carboxylic acid groups (broad SMARTS) is 1. The molecule has 0 unspecified atom stereocenters. The standard InChI is InChI=1S/C19H24N4O2S.CH2O2/c24-18-17-15(4-8-26-17)20-16(21-18)11-22-7-3-12-9-13(14(12)10-22)19(25)23-5-1-2-6-23;2-1-3/h4,8,12-14H,1-3,5-7,9-11H2,(H,20,21,24);1H,(H,2,3)/t12-,13-,14-;/m1./s1. The van der Waals surface area contributed by atoms with E-state index in [0.29, 0.717) is 29.0 Å². The van der Waals surface area contributed by atoms with Crippen LogP contribution < -0.4 is 5.56 Å². The molecule has 29 heavy (non-hydrogen) atoms. The number of hydrogen-bond acceptors (Lipinski definition) is 6. The van der Waals surface area contributed by atoms with E-state index in [4.69, 9.17) is 9.90 Å². The van der Waals surface area contributed by atoms with Gasteiger partial charge in [-0.1, -0.05) is 0 Å². The monoisotopic (exact) mass is 418 g/mol. The van der Waals surface area contributed by atoms with E-state index in [2.05, 4.69) is 19.8 Å². The van der Waals surface area contributed by atoms with E-state index in [-0.39, 0.29) is 17.9 Å². The minimum Gasteiger partial charge on any atom is -0.483 e. The lowest BCUT2D eigenvalue weighted by Crippen LogP contribution is -2.55. The Labute approximate surface area is 172 Å². The van der Waals surface area contributed by atoms with Crippen LogP contribution >= 0.6 is 11.3 Å². The van der Waals surface area contributed by atoms with Crippen LogP contribution in [0.4, 0.5) is 0 Å². The third-order valence-corrected chi connectivity index (χ3v) is 7.34. The molecule has 3 atom stereocenters. The second kappa shape index (κ2) is 8.62. The Morgan fingerprint density at radius 3 is 2.86 bits per heavy atom. The van der Waals surface area contributed by atoms with Crippen molar-refractivity contribution in [1.82, 2.24) is 19.8 Å². The highest BCUT2D eigenvalue weighted by Crippen LogP contribution is 2.46. The van der Waals surface area contributed by atoms with Gasteiger partial charge in [0.15, 0.2) is 0 Å². The predicted octanol–water partition coefficient (Wildman–Crippen LogP) is 1.77. The Bertz CT molecular complexity index is 936. The van der Waals surface area contributed by atoms with Crippen LogP contribution in [0.2, 0.25) is 0 Å².